The van der Waals surface area contributed by atoms with Crippen molar-refractivity contribution < 1.29 is 14.4 Å². The van der Waals surface area contributed by atoms with Crippen LogP contribution in [0, 0.1) is 0 Å². The molecule has 0 radical (unpaired) electrons. The van der Waals surface area contributed by atoms with E-state index in [0.717, 1.165) is 31.2 Å². The number of piperidine rings is 2. The fourth-order valence-corrected chi connectivity index (χ4v) is 6.00. The number of fused-ring (bicyclic) bond motifs is 1. The lowest BCUT2D eigenvalue weighted by molar-refractivity contribution is -0.131. The van der Waals surface area contributed by atoms with Crippen molar-refractivity contribution in [2.75, 3.05) is 26.2 Å². The van der Waals surface area contributed by atoms with Crippen LogP contribution in [-0.4, -0.2) is 74.3 Å². The van der Waals surface area contributed by atoms with Gasteiger partial charge in [0.05, 0.1) is 12.1 Å². The van der Waals surface area contributed by atoms with Gasteiger partial charge >= 0.3 is 5.69 Å². The van der Waals surface area contributed by atoms with E-state index in [1.807, 2.05) is 11.0 Å². The van der Waals surface area contributed by atoms with Gasteiger partial charge in [0.25, 0.3) is 11.8 Å². The summed E-state index contributed by atoms with van der Waals surface area (Å²) in [5.41, 5.74) is 1.73. The molecule has 1 unspecified atom stereocenters. The minimum absolute atomic E-state index is 0.0382. The largest absolute Gasteiger partial charge is 0.343 e. The molecule has 3 amide bonds. The fraction of sp³-hybridized carbons (Fsp3) is 0.464. The maximum absolute atomic E-state index is 13.2. The summed E-state index contributed by atoms with van der Waals surface area (Å²) in [7, 11) is 0. The third kappa shape index (κ3) is 5.71. The molecule has 2 saturated heterocycles. The van der Waals surface area contributed by atoms with Crippen molar-refractivity contribution in [1.82, 2.24) is 29.7 Å². The number of carbonyl (C=O) groups is 3. The standard InChI is InChI=1S/C28H33ClN6O4/c1-2-21-6-3-4-11-34(21)27(38)19-14-18(15-20(29)16-19)26(37)31-17-24(36)33-12-8-22(9-13-33)35-23-7-5-10-30-25(23)32-28(35)39/h5,7,10,14-16,21-22H,2-4,6,8-9,11-13,17H2,1H3,(H,31,37)(H,30,32,39). The highest BCUT2D eigenvalue weighted by molar-refractivity contribution is 6.31. The minimum Gasteiger partial charge on any atom is -0.343 e. The lowest BCUT2D eigenvalue weighted by Gasteiger charge is -2.35. The molecule has 1 atom stereocenters. The van der Waals surface area contributed by atoms with Gasteiger partial charge in [0.1, 0.15) is 0 Å². The predicted octanol–water partition coefficient (Wildman–Crippen LogP) is 3.38. The number of carbonyl (C=O) groups excluding carboxylic acids is 3. The Balaban J connectivity index is 1.18. The number of aromatic amines is 1. The van der Waals surface area contributed by atoms with Crippen LogP contribution in [0.5, 0.6) is 0 Å². The third-order valence-electron chi connectivity index (χ3n) is 7.84. The summed E-state index contributed by atoms with van der Waals surface area (Å²) >= 11 is 6.28. The van der Waals surface area contributed by atoms with Gasteiger partial charge in [-0.2, -0.15) is 0 Å². The number of benzene rings is 1. The van der Waals surface area contributed by atoms with Gasteiger partial charge in [0.15, 0.2) is 5.65 Å². The van der Waals surface area contributed by atoms with E-state index < -0.39 is 5.91 Å². The maximum atomic E-state index is 13.2. The van der Waals surface area contributed by atoms with Crippen molar-refractivity contribution in [3.8, 4) is 0 Å². The zero-order valence-electron chi connectivity index (χ0n) is 22.0. The topological polar surface area (TPSA) is 120 Å². The quantitative estimate of drug-likeness (QED) is 0.486. The molecule has 10 nitrogen and oxygen atoms in total. The predicted molar refractivity (Wildman–Crippen MR) is 148 cm³/mol. The normalized spacial score (nSPS) is 18.4. The van der Waals surface area contributed by atoms with E-state index in [0.29, 0.717) is 48.7 Å². The molecule has 0 aliphatic carbocycles. The lowest BCUT2D eigenvalue weighted by Crippen LogP contribution is -2.45. The van der Waals surface area contributed by atoms with E-state index >= 15 is 0 Å². The maximum Gasteiger partial charge on any atom is 0.327 e. The molecule has 11 heteroatoms. The van der Waals surface area contributed by atoms with Gasteiger partial charge in [-0.05, 0) is 68.9 Å². The number of nitrogens with zero attached hydrogens (tertiary/aromatic N) is 4. The van der Waals surface area contributed by atoms with E-state index in [1.165, 1.54) is 6.07 Å². The second kappa shape index (κ2) is 11.6. The molecular formula is C28H33ClN6O4. The summed E-state index contributed by atoms with van der Waals surface area (Å²) in [5, 5.41) is 2.98. The van der Waals surface area contributed by atoms with Crippen LogP contribution in [-0.2, 0) is 4.79 Å². The molecule has 2 aliphatic heterocycles. The summed E-state index contributed by atoms with van der Waals surface area (Å²) in [6.45, 7) is 3.56. The number of rotatable bonds is 6. The first-order valence-corrected chi connectivity index (χ1v) is 14.0. The number of nitrogens with one attached hydrogen (secondary N) is 2. The van der Waals surface area contributed by atoms with E-state index in [-0.39, 0.29) is 41.7 Å². The smallest absolute Gasteiger partial charge is 0.327 e. The lowest BCUT2D eigenvalue weighted by atomic mass is 9.98. The molecule has 0 saturated carbocycles. The zero-order valence-corrected chi connectivity index (χ0v) is 22.7. The molecule has 39 heavy (non-hydrogen) atoms. The van der Waals surface area contributed by atoms with Crippen LogP contribution in [0.2, 0.25) is 5.02 Å². The van der Waals surface area contributed by atoms with Crippen LogP contribution in [0.15, 0.2) is 41.3 Å². The average molecular weight is 553 g/mol. The first kappa shape index (κ1) is 26.9. The van der Waals surface area contributed by atoms with Gasteiger partial charge in [0, 0.05) is 54.1 Å². The molecule has 4 heterocycles. The first-order valence-electron chi connectivity index (χ1n) is 13.6. The number of likely N-dealkylation sites (tertiary alicyclic amines) is 2. The van der Waals surface area contributed by atoms with Crippen LogP contribution in [0.25, 0.3) is 11.2 Å². The summed E-state index contributed by atoms with van der Waals surface area (Å²) in [6, 6.07) is 8.45. The Morgan fingerprint density at radius 3 is 2.62 bits per heavy atom. The molecule has 3 aromatic rings. The first-order chi connectivity index (χ1) is 18.9. The summed E-state index contributed by atoms with van der Waals surface area (Å²) < 4.78 is 1.72. The molecule has 1 aromatic carbocycles. The van der Waals surface area contributed by atoms with Crippen molar-refractivity contribution >= 4 is 40.5 Å². The Bertz CT molecular complexity index is 1440. The molecular weight excluding hydrogens is 520 g/mol. The van der Waals surface area contributed by atoms with Crippen LogP contribution in [0.4, 0.5) is 0 Å². The summed E-state index contributed by atoms with van der Waals surface area (Å²) in [5.74, 6) is -0.785. The molecule has 2 aromatic heterocycles. The van der Waals surface area contributed by atoms with Gasteiger partial charge in [-0.1, -0.05) is 18.5 Å². The highest BCUT2D eigenvalue weighted by atomic mass is 35.5. The number of halogens is 1. The fourth-order valence-electron chi connectivity index (χ4n) is 5.77. The second-order valence-corrected chi connectivity index (χ2v) is 10.7. The van der Waals surface area contributed by atoms with E-state index in [4.69, 9.17) is 11.6 Å². The second-order valence-electron chi connectivity index (χ2n) is 10.3. The van der Waals surface area contributed by atoms with Gasteiger partial charge in [-0.3, -0.25) is 23.9 Å². The van der Waals surface area contributed by atoms with Crippen molar-refractivity contribution in [2.45, 2.75) is 57.5 Å². The van der Waals surface area contributed by atoms with Gasteiger partial charge in [-0.25, -0.2) is 9.78 Å². The van der Waals surface area contributed by atoms with Gasteiger partial charge in [0.2, 0.25) is 5.91 Å². The van der Waals surface area contributed by atoms with Gasteiger partial charge < -0.3 is 15.1 Å². The van der Waals surface area contributed by atoms with Crippen molar-refractivity contribution in [3.63, 3.8) is 0 Å². The monoisotopic (exact) mass is 552 g/mol. The molecule has 0 bridgehead atoms. The van der Waals surface area contributed by atoms with Crippen LogP contribution in [0.1, 0.15) is 72.2 Å². The minimum atomic E-state index is -0.460. The van der Waals surface area contributed by atoms with Crippen LogP contribution in [0.3, 0.4) is 0 Å². The molecule has 0 spiro atoms. The summed E-state index contributed by atoms with van der Waals surface area (Å²) in [4.78, 5) is 62.0. The number of H-pyrrole nitrogens is 1. The zero-order chi connectivity index (χ0) is 27.5. The number of pyridine rings is 1. The number of amides is 3. The Labute approximate surface area is 231 Å². The SMILES string of the molecule is CCC1CCCCN1C(=O)c1cc(Cl)cc(C(=O)NCC(=O)N2CCC(n3c(=O)[nH]c4ncccc43)CC2)c1. The van der Waals surface area contributed by atoms with Crippen LogP contribution >= 0.6 is 11.6 Å². The molecule has 5 rings (SSSR count). The highest BCUT2D eigenvalue weighted by Crippen LogP contribution is 2.25. The van der Waals surface area contributed by atoms with Crippen molar-refractivity contribution in [3.05, 3.63) is 63.2 Å². The number of imidazole rings is 1. The molecule has 206 valence electrons. The Morgan fingerprint density at radius 2 is 1.85 bits per heavy atom. The number of hydrogen-bond donors (Lipinski definition) is 2. The average Bonchev–Trinajstić information content (AvgIpc) is 3.30. The molecule has 2 aliphatic rings. The van der Waals surface area contributed by atoms with Crippen molar-refractivity contribution in [1.29, 1.82) is 0 Å². The molecule has 2 fully saturated rings. The van der Waals surface area contributed by atoms with Crippen molar-refractivity contribution in [2.24, 2.45) is 0 Å². The number of hydrogen-bond acceptors (Lipinski definition) is 5. The number of aromatic nitrogens is 3. The highest BCUT2D eigenvalue weighted by Gasteiger charge is 2.28. The third-order valence-corrected chi connectivity index (χ3v) is 8.06. The Kier molecular flexibility index (Phi) is 8.02. The van der Waals surface area contributed by atoms with E-state index in [2.05, 4.69) is 22.2 Å². The van der Waals surface area contributed by atoms with E-state index in [9.17, 15) is 19.2 Å². The van der Waals surface area contributed by atoms with E-state index in [1.54, 1.807) is 33.9 Å². The van der Waals surface area contributed by atoms with Crippen LogP contribution < -0.4 is 11.0 Å². The Hall–Kier alpha value is -3.66. The Morgan fingerprint density at radius 1 is 1.08 bits per heavy atom. The molecule has 2 N–H and O–H groups in total. The summed E-state index contributed by atoms with van der Waals surface area (Å²) in [6.07, 6.45) is 6.81. The van der Waals surface area contributed by atoms with Gasteiger partial charge in [-0.15, -0.1) is 0 Å².